The summed E-state index contributed by atoms with van der Waals surface area (Å²) in [5, 5.41) is 13.6. The van der Waals surface area contributed by atoms with E-state index in [-0.39, 0.29) is 12.1 Å². The Kier molecular flexibility index (Phi) is 4.76. The molecule has 20 heavy (non-hydrogen) atoms. The van der Waals surface area contributed by atoms with Gasteiger partial charge in [-0.25, -0.2) is 0 Å². The summed E-state index contributed by atoms with van der Waals surface area (Å²) in [4.78, 5) is 0. The number of furan rings is 1. The van der Waals surface area contributed by atoms with Gasteiger partial charge in [-0.05, 0) is 44.2 Å². The Hall–Kier alpha value is -1.00. The standard InChI is InChI=1S/C15H17Cl2NO2/c1-15(2,9-19)18-8-13-3-4-14(20-13)10-5-11(16)7-12(17)6-10/h3-7,18-19H,8-9H2,1-2H3. The Bertz CT molecular complexity index is 573. The van der Waals surface area contributed by atoms with Crippen LogP contribution in [0.15, 0.2) is 34.7 Å². The molecule has 0 fully saturated rings. The predicted molar refractivity (Wildman–Crippen MR) is 82.2 cm³/mol. The van der Waals surface area contributed by atoms with Crippen LogP contribution in [0, 0.1) is 0 Å². The lowest BCUT2D eigenvalue weighted by Gasteiger charge is -2.22. The molecule has 0 atom stereocenters. The van der Waals surface area contributed by atoms with E-state index in [9.17, 15) is 5.11 Å². The van der Waals surface area contributed by atoms with Crippen LogP contribution in [0.3, 0.4) is 0 Å². The number of halogens is 2. The summed E-state index contributed by atoms with van der Waals surface area (Å²) in [5.74, 6) is 1.51. The predicted octanol–water partition coefficient (Wildman–Crippen LogP) is 4.11. The van der Waals surface area contributed by atoms with Gasteiger partial charge in [-0.3, -0.25) is 0 Å². The van der Waals surface area contributed by atoms with Crippen molar-refractivity contribution >= 4 is 23.2 Å². The van der Waals surface area contributed by atoms with Gasteiger partial charge in [0.25, 0.3) is 0 Å². The van der Waals surface area contributed by atoms with Crippen LogP contribution in [-0.2, 0) is 6.54 Å². The maximum absolute atomic E-state index is 9.19. The van der Waals surface area contributed by atoms with Crippen molar-refractivity contribution in [3.8, 4) is 11.3 Å². The minimum atomic E-state index is -0.341. The van der Waals surface area contributed by atoms with Crippen molar-refractivity contribution in [2.24, 2.45) is 0 Å². The van der Waals surface area contributed by atoms with Gasteiger partial charge in [0.05, 0.1) is 13.2 Å². The minimum absolute atomic E-state index is 0.0600. The van der Waals surface area contributed by atoms with Crippen molar-refractivity contribution in [3.05, 3.63) is 46.1 Å². The molecular formula is C15H17Cl2NO2. The second kappa shape index (κ2) is 6.19. The zero-order chi connectivity index (χ0) is 14.8. The van der Waals surface area contributed by atoms with Crippen LogP contribution in [0.5, 0.6) is 0 Å². The molecule has 0 aliphatic carbocycles. The van der Waals surface area contributed by atoms with Gasteiger partial charge in [0.2, 0.25) is 0 Å². The van der Waals surface area contributed by atoms with E-state index in [0.717, 1.165) is 11.3 Å². The van der Waals surface area contributed by atoms with Gasteiger partial charge >= 0.3 is 0 Å². The molecule has 2 N–H and O–H groups in total. The topological polar surface area (TPSA) is 45.4 Å². The molecular weight excluding hydrogens is 297 g/mol. The minimum Gasteiger partial charge on any atom is -0.460 e. The van der Waals surface area contributed by atoms with E-state index in [1.165, 1.54) is 0 Å². The summed E-state index contributed by atoms with van der Waals surface area (Å²) in [6, 6.07) is 9.07. The highest BCUT2D eigenvalue weighted by molar-refractivity contribution is 6.35. The number of hydrogen-bond donors (Lipinski definition) is 2. The molecule has 1 heterocycles. The van der Waals surface area contributed by atoms with Crippen molar-refractivity contribution in [3.63, 3.8) is 0 Å². The van der Waals surface area contributed by atoms with Crippen LogP contribution in [0.4, 0.5) is 0 Å². The summed E-state index contributed by atoms with van der Waals surface area (Å²) >= 11 is 12.0. The fourth-order valence-electron chi connectivity index (χ4n) is 1.71. The van der Waals surface area contributed by atoms with Crippen LogP contribution in [-0.4, -0.2) is 17.3 Å². The van der Waals surface area contributed by atoms with Crippen molar-refractivity contribution in [2.75, 3.05) is 6.61 Å². The molecule has 0 aliphatic rings. The fraction of sp³-hybridized carbons (Fsp3) is 0.333. The maximum atomic E-state index is 9.19. The zero-order valence-electron chi connectivity index (χ0n) is 11.4. The monoisotopic (exact) mass is 313 g/mol. The molecule has 0 radical (unpaired) electrons. The largest absolute Gasteiger partial charge is 0.460 e. The summed E-state index contributed by atoms with van der Waals surface area (Å²) in [6.07, 6.45) is 0. The molecule has 5 heteroatoms. The van der Waals surface area contributed by atoms with E-state index in [1.807, 2.05) is 26.0 Å². The highest BCUT2D eigenvalue weighted by atomic mass is 35.5. The number of aliphatic hydroxyl groups is 1. The van der Waals surface area contributed by atoms with Gasteiger partial charge in [0.1, 0.15) is 11.5 Å². The summed E-state index contributed by atoms with van der Waals surface area (Å²) in [5.41, 5.74) is 0.502. The lowest BCUT2D eigenvalue weighted by atomic mass is 10.1. The smallest absolute Gasteiger partial charge is 0.134 e. The van der Waals surface area contributed by atoms with E-state index < -0.39 is 0 Å². The first-order valence-electron chi connectivity index (χ1n) is 6.31. The van der Waals surface area contributed by atoms with E-state index in [0.29, 0.717) is 22.4 Å². The maximum Gasteiger partial charge on any atom is 0.134 e. The molecule has 2 rings (SSSR count). The Morgan fingerprint density at radius 1 is 1.15 bits per heavy atom. The van der Waals surface area contributed by atoms with E-state index in [1.54, 1.807) is 18.2 Å². The SMILES string of the molecule is CC(C)(CO)NCc1ccc(-c2cc(Cl)cc(Cl)c2)o1. The van der Waals surface area contributed by atoms with Crippen LogP contribution < -0.4 is 5.32 Å². The quantitative estimate of drug-likeness (QED) is 0.873. The number of rotatable bonds is 5. The third kappa shape index (κ3) is 4.00. The summed E-state index contributed by atoms with van der Waals surface area (Å²) in [6.45, 7) is 4.45. The highest BCUT2D eigenvalue weighted by Crippen LogP contribution is 2.28. The van der Waals surface area contributed by atoms with E-state index in [2.05, 4.69) is 5.32 Å². The first-order chi connectivity index (χ1) is 9.39. The molecule has 108 valence electrons. The molecule has 0 aliphatic heterocycles. The van der Waals surface area contributed by atoms with E-state index in [4.69, 9.17) is 27.6 Å². The van der Waals surface area contributed by atoms with Gasteiger partial charge in [-0.1, -0.05) is 23.2 Å². The molecule has 0 saturated heterocycles. The number of benzene rings is 1. The third-order valence-electron chi connectivity index (χ3n) is 2.95. The van der Waals surface area contributed by atoms with Gasteiger partial charge in [-0.2, -0.15) is 0 Å². The van der Waals surface area contributed by atoms with Crippen molar-refractivity contribution in [1.82, 2.24) is 5.32 Å². The van der Waals surface area contributed by atoms with Crippen molar-refractivity contribution in [1.29, 1.82) is 0 Å². The normalized spacial score (nSPS) is 11.8. The van der Waals surface area contributed by atoms with Crippen LogP contribution >= 0.6 is 23.2 Å². The number of aliphatic hydroxyl groups excluding tert-OH is 1. The van der Waals surface area contributed by atoms with Gasteiger partial charge in [0, 0.05) is 21.1 Å². The fourth-order valence-corrected chi connectivity index (χ4v) is 2.23. The number of hydrogen-bond acceptors (Lipinski definition) is 3. The van der Waals surface area contributed by atoms with Crippen LogP contribution in [0.2, 0.25) is 10.0 Å². The van der Waals surface area contributed by atoms with Gasteiger partial charge in [0.15, 0.2) is 0 Å². The molecule has 0 amide bonds. The van der Waals surface area contributed by atoms with E-state index >= 15 is 0 Å². The Balaban J connectivity index is 2.12. The average molecular weight is 314 g/mol. The molecule has 1 aromatic heterocycles. The van der Waals surface area contributed by atoms with Crippen LogP contribution in [0.1, 0.15) is 19.6 Å². The lowest BCUT2D eigenvalue weighted by molar-refractivity contribution is 0.184. The van der Waals surface area contributed by atoms with Gasteiger partial charge in [-0.15, -0.1) is 0 Å². The summed E-state index contributed by atoms with van der Waals surface area (Å²) < 4.78 is 5.76. The molecule has 2 aromatic rings. The summed E-state index contributed by atoms with van der Waals surface area (Å²) in [7, 11) is 0. The Morgan fingerprint density at radius 3 is 2.40 bits per heavy atom. The molecule has 0 spiro atoms. The molecule has 0 unspecified atom stereocenters. The molecule has 0 bridgehead atoms. The lowest BCUT2D eigenvalue weighted by Crippen LogP contribution is -2.41. The highest BCUT2D eigenvalue weighted by Gasteiger charge is 2.16. The number of nitrogens with one attached hydrogen (secondary N) is 1. The van der Waals surface area contributed by atoms with Gasteiger partial charge < -0.3 is 14.8 Å². The van der Waals surface area contributed by atoms with Crippen LogP contribution in [0.25, 0.3) is 11.3 Å². The zero-order valence-corrected chi connectivity index (χ0v) is 12.9. The molecule has 3 nitrogen and oxygen atoms in total. The molecule has 0 saturated carbocycles. The molecule has 1 aromatic carbocycles. The first-order valence-corrected chi connectivity index (χ1v) is 7.06. The van der Waals surface area contributed by atoms with Crippen molar-refractivity contribution < 1.29 is 9.52 Å². The Labute approximate surface area is 128 Å². The second-order valence-electron chi connectivity index (χ2n) is 5.32. The Morgan fingerprint density at radius 2 is 1.80 bits per heavy atom. The third-order valence-corrected chi connectivity index (χ3v) is 3.38. The first kappa shape index (κ1) is 15.4. The second-order valence-corrected chi connectivity index (χ2v) is 6.19. The average Bonchev–Trinajstić information content (AvgIpc) is 2.84. The van der Waals surface area contributed by atoms with Crippen molar-refractivity contribution in [2.45, 2.75) is 25.9 Å².